The molecule has 6 nitrogen and oxygen atoms in total. The summed E-state index contributed by atoms with van der Waals surface area (Å²) >= 11 is 0. The number of fused-ring (bicyclic) bond motifs is 1. The number of rotatable bonds is 6. The summed E-state index contributed by atoms with van der Waals surface area (Å²) in [5.74, 6) is -1.22. The Morgan fingerprint density at radius 3 is 2.52 bits per heavy atom. The van der Waals surface area contributed by atoms with E-state index < -0.39 is 16.2 Å². The molecule has 0 saturated carbocycles. The van der Waals surface area contributed by atoms with Crippen molar-refractivity contribution in [1.29, 1.82) is 0 Å². The third-order valence-corrected chi connectivity index (χ3v) is 5.83. The predicted octanol–water partition coefficient (Wildman–Crippen LogP) is 1.65. The van der Waals surface area contributed by atoms with Crippen LogP contribution in [0.5, 0.6) is 0 Å². The van der Waals surface area contributed by atoms with Gasteiger partial charge in [0.1, 0.15) is 0 Å². The Hall–Kier alpha value is -1.60. The summed E-state index contributed by atoms with van der Waals surface area (Å²) < 4.78 is 28.1. The first-order chi connectivity index (χ1) is 9.91. The maximum absolute atomic E-state index is 12.7. The average molecular weight is 312 g/mol. The van der Waals surface area contributed by atoms with Gasteiger partial charge in [-0.1, -0.05) is 32.0 Å². The van der Waals surface area contributed by atoms with Crippen LogP contribution in [-0.2, 0) is 15.0 Å². The minimum absolute atomic E-state index is 0.0682. The van der Waals surface area contributed by atoms with Crippen molar-refractivity contribution in [2.75, 3.05) is 23.9 Å². The molecule has 1 N–H and O–H groups in total. The number of carboxylic acid groups (broad SMARTS) is 1. The highest BCUT2D eigenvalue weighted by molar-refractivity contribution is 7.90. The van der Waals surface area contributed by atoms with Crippen LogP contribution in [0.4, 0.5) is 5.69 Å². The quantitative estimate of drug-likeness (QED) is 0.866. The van der Waals surface area contributed by atoms with Crippen molar-refractivity contribution in [1.82, 2.24) is 4.31 Å². The Bertz CT molecular complexity index is 626. The second-order valence-electron chi connectivity index (χ2n) is 4.98. The van der Waals surface area contributed by atoms with E-state index in [1.165, 1.54) is 8.61 Å². The number of benzene rings is 1. The number of para-hydroxylation sites is 1. The fourth-order valence-electron chi connectivity index (χ4n) is 2.75. The molecule has 1 aromatic rings. The molecule has 21 heavy (non-hydrogen) atoms. The van der Waals surface area contributed by atoms with Crippen molar-refractivity contribution in [3.63, 3.8) is 0 Å². The first kappa shape index (κ1) is 15.8. The molecule has 1 aliphatic rings. The van der Waals surface area contributed by atoms with E-state index in [-0.39, 0.29) is 18.9 Å². The van der Waals surface area contributed by atoms with Crippen molar-refractivity contribution in [3.05, 3.63) is 29.8 Å². The Labute approximate surface area is 125 Å². The van der Waals surface area contributed by atoms with E-state index in [9.17, 15) is 13.2 Å². The molecule has 1 unspecified atom stereocenters. The molecule has 0 amide bonds. The first-order valence-corrected chi connectivity index (χ1v) is 8.40. The minimum Gasteiger partial charge on any atom is -0.481 e. The van der Waals surface area contributed by atoms with E-state index in [0.29, 0.717) is 18.8 Å². The molecule has 0 fully saturated rings. The summed E-state index contributed by atoms with van der Waals surface area (Å²) in [5.41, 5.74) is 1.38. The van der Waals surface area contributed by atoms with E-state index in [1.807, 2.05) is 0 Å². The number of carboxylic acids is 1. The molecule has 0 aromatic heterocycles. The molecule has 1 aromatic carbocycles. The van der Waals surface area contributed by atoms with Gasteiger partial charge in [0.25, 0.3) is 0 Å². The van der Waals surface area contributed by atoms with Gasteiger partial charge in [-0.15, -0.1) is 0 Å². The van der Waals surface area contributed by atoms with Crippen molar-refractivity contribution >= 4 is 21.9 Å². The Morgan fingerprint density at radius 2 is 1.95 bits per heavy atom. The normalized spacial score (nSPS) is 18.0. The molecule has 116 valence electrons. The van der Waals surface area contributed by atoms with Crippen LogP contribution < -0.4 is 4.31 Å². The van der Waals surface area contributed by atoms with Crippen LogP contribution in [0, 0.1) is 0 Å². The van der Waals surface area contributed by atoms with E-state index in [0.717, 1.165) is 5.56 Å². The molecule has 0 spiro atoms. The highest BCUT2D eigenvalue weighted by atomic mass is 32.2. The van der Waals surface area contributed by atoms with Gasteiger partial charge in [-0.25, -0.2) is 0 Å². The molecular weight excluding hydrogens is 292 g/mol. The standard InChI is InChI=1S/C14H20N2O4S/c1-3-15(4-2)21(19,20)16-10-11(9-14(17)18)12-7-5-6-8-13(12)16/h5-8,11H,3-4,9-10H2,1-2H3,(H,17,18). The number of hydrogen-bond donors (Lipinski definition) is 1. The zero-order valence-corrected chi connectivity index (χ0v) is 13.0. The molecule has 7 heteroatoms. The number of aliphatic carboxylic acids is 1. The number of nitrogens with zero attached hydrogens (tertiary/aromatic N) is 2. The number of hydrogen-bond acceptors (Lipinski definition) is 3. The summed E-state index contributed by atoms with van der Waals surface area (Å²) in [6, 6.07) is 7.12. The average Bonchev–Trinajstić information content (AvgIpc) is 2.79. The molecule has 1 aliphatic heterocycles. The highest BCUT2D eigenvalue weighted by Crippen LogP contribution is 2.40. The Kier molecular flexibility index (Phi) is 4.53. The van der Waals surface area contributed by atoms with Gasteiger partial charge < -0.3 is 5.11 Å². The topological polar surface area (TPSA) is 77.9 Å². The summed E-state index contributed by atoms with van der Waals surface area (Å²) in [7, 11) is -3.61. The molecular formula is C14H20N2O4S. The second kappa shape index (κ2) is 6.03. The monoisotopic (exact) mass is 312 g/mol. The van der Waals surface area contributed by atoms with Gasteiger partial charge in [0, 0.05) is 25.6 Å². The van der Waals surface area contributed by atoms with E-state index in [2.05, 4.69) is 0 Å². The van der Waals surface area contributed by atoms with Crippen molar-refractivity contribution < 1.29 is 18.3 Å². The second-order valence-corrected chi connectivity index (χ2v) is 6.83. The maximum Gasteiger partial charge on any atom is 0.304 e. The summed E-state index contributed by atoms with van der Waals surface area (Å²) in [4.78, 5) is 11.0. The van der Waals surface area contributed by atoms with Crippen LogP contribution in [0.25, 0.3) is 0 Å². The van der Waals surface area contributed by atoms with Crippen LogP contribution in [-0.4, -0.2) is 43.4 Å². The minimum atomic E-state index is -3.61. The van der Waals surface area contributed by atoms with E-state index >= 15 is 0 Å². The fraction of sp³-hybridized carbons (Fsp3) is 0.500. The molecule has 0 aliphatic carbocycles. The van der Waals surface area contributed by atoms with Crippen LogP contribution in [0.15, 0.2) is 24.3 Å². The lowest BCUT2D eigenvalue weighted by Crippen LogP contribution is -2.43. The lowest BCUT2D eigenvalue weighted by molar-refractivity contribution is -0.137. The van der Waals surface area contributed by atoms with Gasteiger partial charge in [0.2, 0.25) is 0 Å². The molecule has 0 radical (unpaired) electrons. The van der Waals surface area contributed by atoms with Crippen LogP contribution in [0.1, 0.15) is 31.7 Å². The largest absolute Gasteiger partial charge is 0.481 e. The lowest BCUT2D eigenvalue weighted by atomic mass is 9.98. The first-order valence-electron chi connectivity index (χ1n) is 7.00. The third kappa shape index (κ3) is 2.89. The molecule has 0 bridgehead atoms. The smallest absolute Gasteiger partial charge is 0.304 e. The summed E-state index contributed by atoms with van der Waals surface area (Å²) in [6.45, 7) is 4.54. The van der Waals surface area contributed by atoms with Gasteiger partial charge >= 0.3 is 16.2 Å². The van der Waals surface area contributed by atoms with Crippen molar-refractivity contribution in [3.8, 4) is 0 Å². The third-order valence-electron chi connectivity index (χ3n) is 3.76. The van der Waals surface area contributed by atoms with Crippen LogP contribution in [0.2, 0.25) is 0 Å². The van der Waals surface area contributed by atoms with Gasteiger partial charge in [0.05, 0.1) is 12.1 Å². The highest BCUT2D eigenvalue weighted by Gasteiger charge is 2.38. The fourth-order valence-corrected chi connectivity index (χ4v) is 4.46. The number of anilines is 1. The van der Waals surface area contributed by atoms with Gasteiger partial charge in [-0.2, -0.15) is 12.7 Å². The van der Waals surface area contributed by atoms with Crippen molar-refractivity contribution in [2.24, 2.45) is 0 Å². The summed E-state index contributed by atoms with van der Waals surface area (Å²) in [6.07, 6.45) is -0.0682. The molecule has 1 atom stereocenters. The summed E-state index contributed by atoms with van der Waals surface area (Å²) in [5, 5.41) is 9.01. The van der Waals surface area contributed by atoms with Crippen LogP contribution in [0.3, 0.4) is 0 Å². The SMILES string of the molecule is CCN(CC)S(=O)(=O)N1CC(CC(=O)O)c2ccccc21. The van der Waals surface area contributed by atoms with E-state index in [1.54, 1.807) is 38.1 Å². The Morgan fingerprint density at radius 1 is 1.33 bits per heavy atom. The van der Waals surface area contributed by atoms with E-state index in [4.69, 9.17) is 5.11 Å². The lowest BCUT2D eigenvalue weighted by Gasteiger charge is -2.27. The molecule has 1 heterocycles. The molecule has 0 saturated heterocycles. The van der Waals surface area contributed by atoms with Crippen molar-refractivity contribution in [2.45, 2.75) is 26.2 Å². The number of carbonyl (C=O) groups is 1. The zero-order chi connectivity index (χ0) is 15.6. The van der Waals surface area contributed by atoms with Crippen LogP contribution >= 0.6 is 0 Å². The van der Waals surface area contributed by atoms with Gasteiger partial charge in [-0.05, 0) is 11.6 Å². The Balaban J connectivity index is 2.41. The van der Waals surface area contributed by atoms with Gasteiger partial charge in [0.15, 0.2) is 0 Å². The maximum atomic E-state index is 12.7. The van der Waals surface area contributed by atoms with Gasteiger partial charge in [-0.3, -0.25) is 9.10 Å². The zero-order valence-electron chi connectivity index (χ0n) is 12.2. The predicted molar refractivity (Wildman–Crippen MR) is 80.6 cm³/mol. The molecule has 2 rings (SSSR count).